The summed E-state index contributed by atoms with van der Waals surface area (Å²) in [7, 11) is 1.70. The summed E-state index contributed by atoms with van der Waals surface area (Å²) in [6, 6.07) is 8.07. The summed E-state index contributed by atoms with van der Waals surface area (Å²) < 4.78 is 5.36. The third-order valence-corrected chi connectivity index (χ3v) is 3.29. The molecule has 3 heteroatoms. The van der Waals surface area contributed by atoms with Gasteiger partial charge in [-0.3, -0.25) is 0 Å². The molecule has 0 saturated heterocycles. The van der Waals surface area contributed by atoms with Crippen molar-refractivity contribution in [1.29, 1.82) is 0 Å². The van der Waals surface area contributed by atoms with Gasteiger partial charge < -0.3 is 15.8 Å². The highest BCUT2D eigenvalue weighted by Crippen LogP contribution is 2.21. The van der Waals surface area contributed by atoms with Gasteiger partial charge in [0.15, 0.2) is 0 Å². The Hall–Kier alpha value is -1.90. The van der Waals surface area contributed by atoms with Gasteiger partial charge in [-0.1, -0.05) is 44.2 Å². The number of nitrogens with two attached hydrogens (primary N) is 1. The molecule has 0 fully saturated rings. The number of ether oxygens (including phenoxy) is 1. The molecule has 0 bridgehead atoms. The lowest BCUT2D eigenvalue weighted by Gasteiger charge is -2.12. The number of para-hydroxylation sites is 1. The van der Waals surface area contributed by atoms with Crippen LogP contribution in [0.15, 0.2) is 48.3 Å². The van der Waals surface area contributed by atoms with Crippen molar-refractivity contribution in [3.63, 3.8) is 0 Å². The van der Waals surface area contributed by atoms with Crippen LogP contribution in [0.25, 0.3) is 0 Å². The van der Waals surface area contributed by atoms with Crippen LogP contribution in [-0.2, 0) is 6.42 Å². The average molecular weight is 274 g/mol. The zero-order valence-electron chi connectivity index (χ0n) is 12.6. The number of aryl methyl sites for hydroxylation is 1. The minimum atomic E-state index is 0.739. The van der Waals surface area contributed by atoms with E-state index in [4.69, 9.17) is 10.5 Å². The van der Waals surface area contributed by atoms with Gasteiger partial charge in [0.05, 0.1) is 12.9 Å². The summed E-state index contributed by atoms with van der Waals surface area (Å²) in [5, 5.41) is 3.25. The van der Waals surface area contributed by atoms with Crippen LogP contribution in [-0.4, -0.2) is 13.7 Å². The Labute approximate surface area is 122 Å². The number of methoxy groups -OCH3 is 1. The predicted octanol–water partition coefficient (Wildman–Crippen LogP) is 3.37. The van der Waals surface area contributed by atoms with E-state index in [1.165, 1.54) is 5.56 Å². The Bertz CT molecular complexity index is 452. The van der Waals surface area contributed by atoms with Gasteiger partial charge in [-0.15, -0.1) is 0 Å². The number of allylic oxidation sites excluding steroid dienone is 2. The lowest BCUT2D eigenvalue weighted by atomic mass is 10.0. The topological polar surface area (TPSA) is 47.3 Å². The van der Waals surface area contributed by atoms with Crippen LogP contribution in [0.3, 0.4) is 0 Å². The fourth-order valence-corrected chi connectivity index (χ4v) is 2.04. The molecular formula is C17H26N2O. The van der Waals surface area contributed by atoms with E-state index in [0.717, 1.165) is 49.4 Å². The normalized spacial score (nSPS) is 11.7. The Morgan fingerprint density at radius 1 is 1.40 bits per heavy atom. The maximum absolute atomic E-state index is 6.07. The lowest BCUT2D eigenvalue weighted by molar-refractivity contribution is 0.409. The molecule has 0 aromatic heterocycles. The molecule has 0 unspecified atom stereocenters. The van der Waals surface area contributed by atoms with Crippen LogP contribution in [0.2, 0.25) is 0 Å². The minimum absolute atomic E-state index is 0.739. The zero-order valence-corrected chi connectivity index (χ0v) is 12.6. The van der Waals surface area contributed by atoms with E-state index in [-0.39, 0.29) is 0 Å². The maximum atomic E-state index is 6.07. The van der Waals surface area contributed by atoms with Gasteiger partial charge in [-0.05, 0) is 36.5 Å². The third kappa shape index (κ3) is 5.00. The number of rotatable bonds is 9. The van der Waals surface area contributed by atoms with Gasteiger partial charge in [-0.25, -0.2) is 0 Å². The van der Waals surface area contributed by atoms with Gasteiger partial charge >= 0.3 is 0 Å². The molecule has 0 aliphatic rings. The van der Waals surface area contributed by atoms with E-state index in [1.807, 2.05) is 24.3 Å². The number of nitrogens with one attached hydrogen (secondary N) is 1. The highest BCUT2D eigenvalue weighted by atomic mass is 16.5. The summed E-state index contributed by atoms with van der Waals surface area (Å²) in [6.07, 6.45) is 5.86. The predicted molar refractivity (Wildman–Crippen MR) is 85.6 cm³/mol. The molecule has 0 amide bonds. The van der Waals surface area contributed by atoms with Crippen LogP contribution < -0.4 is 15.8 Å². The van der Waals surface area contributed by atoms with Crippen LogP contribution >= 0.6 is 0 Å². The fraction of sp³-hybridized carbons (Fsp3) is 0.412. The Kier molecular flexibility index (Phi) is 7.33. The standard InChI is InChI=1S/C17H26N2O/c1-4-6-13-19-17(18)14(5-2)11-12-15-9-7-8-10-16(15)20-3/h5,7-10,19H,2,4,6,11-13,18H2,1,3H3/b17-14-. The van der Waals surface area contributed by atoms with Crippen molar-refractivity contribution >= 4 is 0 Å². The van der Waals surface area contributed by atoms with Crippen molar-refractivity contribution in [3.8, 4) is 5.75 Å². The van der Waals surface area contributed by atoms with Gasteiger partial charge in [-0.2, -0.15) is 0 Å². The van der Waals surface area contributed by atoms with E-state index in [9.17, 15) is 0 Å². The van der Waals surface area contributed by atoms with Crippen molar-refractivity contribution < 1.29 is 4.74 Å². The minimum Gasteiger partial charge on any atom is -0.496 e. The number of hydrogen-bond acceptors (Lipinski definition) is 3. The second-order valence-electron chi connectivity index (χ2n) is 4.74. The molecule has 1 rings (SSSR count). The van der Waals surface area contributed by atoms with Gasteiger partial charge in [0, 0.05) is 6.54 Å². The zero-order chi connectivity index (χ0) is 14.8. The molecule has 3 N–H and O–H groups in total. The first kappa shape index (κ1) is 16.2. The van der Waals surface area contributed by atoms with Crippen LogP contribution in [0.5, 0.6) is 5.75 Å². The number of benzene rings is 1. The molecule has 1 aromatic carbocycles. The van der Waals surface area contributed by atoms with Crippen molar-refractivity contribution in [2.75, 3.05) is 13.7 Å². The SMILES string of the molecule is C=C/C(CCc1ccccc1OC)=C(\N)NCCCC. The molecule has 0 radical (unpaired) electrons. The van der Waals surface area contributed by atoms with Crippen molar-refractivity contribution in [1.82, 2.24) is 5.32 Å². The molecule has 0 aliphatic heterocycles. The first-order valence-corrected chi connectivity index (χ1v) is 7.19. The molecule has 0 heterocycles. The Morgan fingerprint density at radius 2 is 2.15 bits per heavy atom. The summed E-state index contributed by atoms with van der Waals surface area (Å²) >= 11 is 0. The molecule has 0 spiro atoms. The Morgan fingerprint density at radius 3 is 2.80 bits per heavy atom. The summed E-state index contributed by atoms with van der Waals surface area (Å²) in [4.78, 5) is 0. The highest BCUT2D eigenvalue weighted by Gasteiger charge is 2.05. The van der Waals surface area contributed by atoms with Crippen LogP contribution in [0.1, 0.15) is 31.7 Å². The number of hydrogen-bond donors (Lipinski definition) is 2. The molecule has 0 saturated carbocycles. The van der Waals surface area contributed by atoms with Crippen molar-refractivity contribution in [2.45, 2.75) is 32.6 Å². The lowest BCUT2D eigenvalue weighted by Crippen LogP contribution is -2.23. The first-order chi connectivity index (χ1) is 9.72. The molecule has 110 valence electrons. The van der Waals surface area contributed by atoms with E-state index in [1.54, 1.807) is 7.11 Å². The maximum Gasteiger partial charge on any atom is 0.122 e. The largest absolute Gasteiger partial charge is 0.496 e. The van der Waals surface area contributed by atoms with Crippen molar-refractivity contribution in [3.05, 3.63) is 53.9 Å². The van der Waals surface area contributed by atoms with Gasteiger partial charge in [0.25, 0.3) is 0 Å². The van der Waals surface area contributed by atoms with E-state index in [2.05, 4.69) is 24.9 Å². The monoisotopic (exact) mass is 274 g/mol. The molecular weight excluding hydrogens is 248 g/mol. The fourth-order valence-electron chi connectivity index (χ4n) is 2.04. The van der Waals surface area contributed by atoms with E-state index >= 15 is 0 Å². The van der Waals surface area contributed by atoms with Crippen LogP contribution in [0.4, 0.5) is 0 Å². The third-order valence-electron chi connectivity index (χ3n) is 3.29. The first-order valence-electron chi connectivity index (χ1n) is 7.19. The molecule has 0 aliphatic carbocycles. The highest BCUT2D eigenvalue weighted by molar-refractivity contribution is 5.34. The second-order valence-corrected chi connectivity index (χ2v) is 4.74. The summed E-state index contributed by atoms with van der Waals surface area (Å²) in [5.74, 6) is 1.66. The molecule has 0 atom stereocenters. The summed E-state index contributed by atoms with van der Waals surface area (Å²) in [5.41, 5.74) is 8.32. The average Bonchev–Trinajstić information content (AvgIpc) is 2.48. The molecule has 20 heavy (non-hydrogen) atoms. The smallest absolute Gasteiger partial charge is 0.122 e. The van der Waals surface area contributed by atoms with Gasteiger partial charge in [0.1, 0.15) is 5.75 Å². The molecule has 3 nitrogen and oxygen atoms in total. The van der Waals surface area contributed by atoms with E-state index in [0.29, 0.717) is 0 Å². The van der Waals surface area contributed by atoms with Crippen molar-refractivity contribution in [2.24, 2.45) is 5.73 Å². The molecule has 1 aromatic rings. The van der Waals surface area contributed by atoms with Gasteiger partial charge in [0.2, 0.25) is 0 Å². The van der Waals surface area contributed by atoms with Crippen LogP contribution in [0, 0.1) is 0 Å². The van der Waals surface area contributed by atoms with E-state index < -0.39 is 0 Å². The quantitative estimate of drug-likeness (QED) is 0.536. The summed E-state index contributed by atoms with van der Waals surface area (Å²) in [6.45, 7) is 6.93. The number of unbranched alkanes of at least 4 members (excludes halogenated alkanes) is 1. The Balaban J connectivity index is 2.64. The second kappa shape index (κ2) is 9.08.